The van der Waals surface area contributed by atoms with Gasteiger partial charge in [0, 0.05) is 37.6 Å². The van der Waals surface area contributed by atoms with Crippen LogP contribution < -0.4 is 4.74 Å². The van der Waals surface area contributed by atoms with Gasteiger partial charge >= 0.3 is 0 Å². The van der Waals surface area contributed by atoms with Crippen LogP contribution >= 0.6 is 11.6 Å². The number of ether oxygens (including phenoxy) is 2. The molecule has 1 unspecified atom stereocenters. The summed E-state index contributed by atoms with van der Waals surface area (Å²) >= 11 is 6.01. The van der Waals surface area contributed by atoms with Gasteiger partial charge in [-0.25, -0.2) is 0 Å². The number of piperidine rings is 1. The Bertz CT molecular complexity index is 691. The second-order valence-electron chi connectivity index (χ2n) is 7.48. The molecule has 0 saturated carbocycles. The van der Waals surface area contributed by atoms with Crippen molar-refractivity contribution in [3.63, 3.8) is 0 Å². The fourth-order valence-electron chi connectivity index (χ4n) is 3.73. The Kier molecular flexibility index (Phi) is 7.57. The van der Waals surface area contributed by atoms with Crippen LogP contribution in [-0.4, -0.2) is 67.6 Å². The second kappa shape index (κ2) is 10.1. The van der Waals surface area contributed by atoms with Crippen molar-refractivity contribution in [1.29, 1.82) is 0 Å². The van der Waals surface area contributed by atoms with Crippen molar-refractivity contribution in [3.05, 3.63) is 28.8 Å². The molecule has 154 valence electrons. The predicted molar refractivity (Wildman–Crippen MR) is 108 cm³/mol. The van der Waals surface area contributed by atoms with Crippen LogP contribution in [0, 0.1) is 12.8 Å². The first kappa shape index (κ1) is 20.9. The Labute approximate surface area is 171 Å². The number of carbonyl (C=O) groups excluding carboxylic acids is 2. The maximum absolute atomic E-state index is 12.7. The summed E-state index contributed by atoms with van der Waals surface area (Å²) in [6.07, 6.45) is 2.83. The van der Waals surface area contributed by atoms with Crippen LogP contribution in [0.2, 0.25) is 5.02 Å². The van der Waals surface area contributed by atoms with Crippen LogP contribution in [-0.2, 0) is 14.3 Å². The summed E-state index contributed by atoms with van der Waals surface area (Å²) in [5, 5.41) is 0.716. The van der Waals surface area contributed by atoms with Crippen molar-refractivity contribution in [2.45, 2.75) is 32.6 Å². The van der Waals surface area contributed by atoms with E-state index in [0.717, 1.165) is 30.7 Å². The molecular weight excluding hydrogens is 380 g/mol. The average molecular weight is 409 g/mol. The standard InChI is InChI=1S/C21H29ClN2O4/c1-16-14-18(6-7-19(16)22)28-11-3-5-20(25)24-8-2-4-17(15-24)21(26)23-9-12-27-13-10-23/h6-7,14,17H,2-5,8-13,15H2,1H3. The van der Waals surface area contributed by atoms with E-state index in [4.69, 9.17) is 21.1 Å². The normalized spacial score (nSPS) is 20.1. The van der Waals surface area contributed by atoms with E-state index < -0.39 is 0 Å². The van der Waals surface area contributed by atoms with Gasteiger partial charge in [0.05, 0.1) is 25.7 Å². The predicted octanol–water partition coefficient (Wildman–Crippen LogP) is 2.90. The van der Waals surface area contributed by atoms with Crippen LogP contribution in [0.15, 0.2) is 18.2 Å². The van der Waals surface area contributed by atoms with E-state index in [0.29, 0.717) is 57.3 Å². The van der Waals surface area contributed by atoms with Crippen molar-refractivity contribution < 1.29 is 19.1 Å². The maximum atomic E-state index is 12.7. The fourth-order valence-corrected chi connectivity index (χ4v) is 3.84. The van der Waals surface area contributed by atoms with E-state index in [9.17, 15) is 9.59 Å². The number of rotatable bonds is 6. The Balaban J connectivity index is 1.41. The highest BCUT2D eigenvalue weighted by atomic mass is 35.5. The quantitative estimate of drug-likeness (QED) is 0.679. The summed E-state index contributed by atoms with van der Waals surface area (Å²) in [5.41, 5.74) is 0.972. The van der Waals surface area contributed by atoms with E-state index in [2.05, 4.69) is 0 Å². The van der Waals surface area contributed by atoms with Crippen LogP contribution in [0.3, 0.4) is 0 Å². The minimum absolute atomic E-state index is 0.0795. The zero-order valence-electron chi connectivity index (χ0n) is 16.5. The topological polar surface area (TPSA) is 59.1 Å². The van der Waals surface area contributed by atoms with E-state index in [1.807, 2.05) is 34.9 Å². The number of carbonyl (C=O) groups is 2. The molecular formula is C21H29ClN2O4. The molecule has 2 amide bonds. The lowest BCUT2D eigenvalue weighted by Crippen LogP contribution is -2.49. The first-order valence-corrected chi connectivity index (χ1v) is 10.5. The highest BCUT2D eigenvalue weighted by Crippen LogP contribution is 2.22. The number of hydrogen-bond donors (Lipinski definition) is 0. The number of likely N-dealkylation sites (tertiary alicyclic amines) is 1. The van der Waals surface area contributed by atoms with E-state index in [1.165, 1.54) is 0 Å². The third kappa shape index (κ3) is 5.61. The number of hydrogen-bond acceptors (Lipinski definition) is 4. The first-order chi connectivity index (χ1) is 13.5. The summed E-state index contributed by atoms with van der Waals surface area (Å²) in [6.45, 7) is 6.22. The van der Waals surface area contributed by atoms with E-state index in [-0.39, 0.29) is 17.7 Å². The van der Waals surface area contributed by atoms with Crippen LogP contribution in [0.25, 0.3) is 0 Å². The molecule has 0 spiro atoms. The number of morpholine rings is 1. The molecule has 0 bridgehead atoms. The van der Waals surface area contributed by atoms with Crippen molar-refractivity contribution in [3.8, 4) is 5.75 Å². The summed E-state index contributed by atoms with van der Waals surface area (Å²) < 4.78 is 11.0. The third-order valence-corrected chi connectivity index (χ3v) is 5.80. The lowest BCUT2D eigenvalue weighted by Gasteiger charge is -2.36. The van der Waals surface area contributed by atoms with Gasteiger partial charge in [-0.05, 0) is 49.9 Å². The van der Waals surface area contributed by atoms with Crippen molar-refractivity contribution in [2.75, 3.05) is 46.0 Å². The molecule has 7 heteroatoms. The van der Waals surface area contributed by atoms with Crippen molar-refractivity contribution in [1.82, 2.24) is 9.80 Å². The second-order valence-corrected chi connectivity index (χ2v) is 7.89. The van der Waals surface area contributed by atoms with Crippen LogP contribution in [0.5, 0.6) is 5.75 Å². The largest absolute Gasteiger partial charge is 0.494 e. The van der Waals surface area contributed by atoms with Gasteiger partial charge in [-0.1, -0.05) is 11.6 Å². The van der Waals surface area contributed by atoms with Gasteiger partial charge in [0.1, 0.15) is 5.75 Å². The Hall–Kier alpha value is -1.79. The van der Waals surface area contributed by atoms with Gasteiger partial charge in [-0.2, -0.15) is 0 Å². The Morgan fingerprint density at radius 3 is 2.75 bits per heavy atom. The molecule has 1 aromatic carbocycles. The lowest BCUT2D eigenvalue weighted by molar-refractivity contribution is -0.144. The zero-order valence-corrected chi connectivity index (χ0v) is 17.2. The average Bonchev–Trinajstić information content (AvgIpc) is 2.73. The summed E-state index contributed by atoms with van der Waals surface area (Å²) in [7, 11) is 0. The monoisotopic (exact) mass is 408 g/mol. The Morgan fingerprint density at radius 2 is 2.00 bits per heavy atom. The van der Waals surface area contributed by atoms with E-state index in [1.54, 1.807) is 0 Å². The molecule has 0 aromatic heterocycles. The Morgan fingerprint density at radius 1 is 1.21 bits per heavy atom. The SMILES string of the molecule is Cc1cc(OCCCC(=O)N2CCCC(C(=O)N3CCOCC3)C2)ccc1Cl. The maximum Gasteiger partial charge on any atom is 0.227 e. The summed E-state index contributed by atoms with van der Waals surface area (Å²) in [4.78, 5) is 29.0. The zero-order chi connectivity index (χ0) is 19.9. The summed E-state index contributed by atoms with van der Waals surface area (Å²) in [6, 6.07) is 5.55. The molecule has 1 aromatic rings. The number of aryl methyl sites for hydroxylation is 1. The highest BCUT2D eigenvalue weighted by Gasteiger charge is 2.31. The molecule has 2 saturated heterocycles. The van der Waals surface area contributed by atoms with Gasteiger partial charge < -0.3 is 19.3 Å². The molecule has 3 rings (SSSR count). The molecule has 2 fully saturated rings. The lowest BCUT2D eigenvalue weighted by atomic mass is 9.96. The molecule has 0 aliphatic carbocycles. The minimum atomic E-state index is -0.0795. The number of benzene rings is 1. The molecule has 2 heterocycles. The van der Waals surface area contributed by atoms with Gasteiger partial charge in [0.15, 0.2) is 0 Å². The molecule has 0 radical (unpaired) electrons. The van der Waals surface area contributed by atoms with E-state index >= 15 is 0 Å². The number of halogens is 1. The molecule has 6 nitrogen and oxygen atoms in total. The van der Waals surface area contributed by atoms with Crippen molar-refractivity contribution in [2.24, 2.45) is 5.92 Å². The fraction of sp³-hybridized carbons (Fsp3) is 0.619. The molecule has 1 atom stereocenters. The third-order valence-electron chi connectivity index (χ3n) is 5.38. The van der Waals surface area contributed by atoms with Gasteiger partial charge in [0.25, 0.3) is 0 Å². The summed E-state index contributed by atoms with van der Waals surface area (Å²) in [5.74, 6) is 0.963. The van der Waals surface area contributed by atoms with Crippen LogP contribution in [0.1, 0.15) is 31.2 Å². The van der Waals surface area contributed by atoms with Gasteiger partial charge in [-0.3, -0.25) is 9.59 Å². The molecule has 2 aliphatic rings. The molecule has 28 heavy (non-hydrogen) atoms. The number of amides is 2. The first-order valence-electron chi connectivity index (χ1n) is 10.1. The van der Waals surface area contributed by atoms with Crippen LogP contribution in [0.4, 0.5) is 0 Å². The highest BCUT2D eigenvalue weighted by molar-refractivity contribution is 6.31. The number of nitrogens with zero attached hydrogens (tertiary/aromatic N) is 2. The molecule has 2 aliphatic heterocycles. The van der Waals surface area contributed by atoms with Gasteiger partial charge in [-0.15, -0.1) is 0 Å². The van der Waals surface area contributed by atoms with Crippen molar-refractivity contribution >= 4 is 23.4 Å². The smallest absolute Gasteiger partial charge is 0.227 e. The minimum Gasteiger partial charge on any atom is -0.494 e. The van der Waals surface area contributed by atoms with Gasteiger partial charge in [0.2, 0.25) is 11.8 Å². The molecule has 0 N–H and O–H groups in total.